The fourth-order valence-corrected chi connectivity index (χ4v) is 2.96. The van der Waals surface area contributed by atoms with Gasteiger partial charge in [0.25, 0.3) is 5.91 Å². The Hall–Kier alpha value is -2.51. The number of hydrogen-bond donors (Lipinski definition) is 2. The van der Waals surface area contributed by atoms with Crippen LogP contribution in [0.2, 0.25) is 0 Å². The van der Waals surface area contributed by atoms with Crippen LogP contribution in [0.15, 0.2) is 47.5 Å². The predicted octanol–water partition coefficient (Wildman–Crippen LogP) is 1.48. The molecule has 0 aliphatic carbocycles. The van der Waals surface area contributed by atoms with Gasteiger partial charge in [0.05, 0.1) is 16.2 Å². The summed E-state index contributed by atoms with van der Waals surface area (Å²) < 4.78 is 26.1. The van der Waals surface area contributed by atoms with Gasteiger partial charge in [0.2, 0.25) is 10.0 Å². The molecular formula is C15H13N3O3S. The van der Waals surface area contributed by atoms with Crippen LogP contribution in [-0.2, 0) is 14.8 Å². The van der Waals surface area contributed by atoms with E-state index in [2.05, 4.69) is 15.0 Å². The molecule has 0 atom stereocenters. The highest BCUT2D eigenvalue weighted by atomic mass is 32.2. The van der Waals surface area contributed by atoms with Gasteiger partial charge in [-0.2, -0.15) is 0 Å². The molecule has 0 fully saturated rings. The first-order valence-electron chi connectivity index (χ1n) is 6.53. The Morgan fingerprint density at radius 3 is 2.73 bits per heavy atom. The van der Waals surface area contributed by atoms with E-state index >= 15 is 0 Å². The number of amides is 1. The number of pyridine rings is 1. The summed E-state index contributed by atoms with van der Waals surface area (Å²) in [5.41, 5.74) is 2.15. The molecule has 7 heteroatoms. The standard InChI is InChI=1S/C15H13N3O3S/c1-16-22(20,21)11-5-6-14-12(9-11)13(15(19)18-14)8-10-4-2-3-7-17-10/h2-9,16H,1H3,(H,18,19). The third-order valence-electron chi connectivity index (χ3n) is 3.33. The highest BCUT2D eigenvalue weighted by molar-refractivity contribution is 7.89. The third kappa shape index (κ3) is 2.51. The van der Waals surface area contributed by atoms with Gasteiger partial charge in [-0.05, 0) is 43.5 Å². The van der Waals surface area contributed by atoms with Crippen LogP contribution < -0.4 is 10.0 Å². The molecule has 0 radical (unpaired) electrons. The van der Waals surface area contributed by atoms with Crippen molar-refractivity contribution in [3.05, 3.63) is 53.9 Å². The van der Waals surface area contributed by atoms with Gasteiger partial charge in [-0.25, -0.2) is 13.1 Å². The normalized spacial score (nSPS) is 15.7. The smallest absolute Gasteiger partial charge is 0.256 e. The summed E-state index contributed by atoms with van der Waals surface area (Å²) in [5.74, 6) is -0.278. The Morgan fingerprint density at radius 1 is 1.23 bits per heavy atom. The predicted molar refractivity (Wildman–Crippen MR) is 83.4 cm³/mol. The number of rotatable bonds is 3. The molecule has 22 heavy (non-hydrogen) atoms. The molecule has 0 saturated carbocycles. The van der Waals surface area contributed by atoms with Gasteiger partial charge in [0.1, 0.15) is 0 Å². The maximum atomic E-state index is 12.1. The van der Waals surface area contributed by atoms with Crippen molar-refractivity contribution in [3.63, 3.8) is 0 Å². The summed E-state index contributed by atoms with van der Waals surface area (Å²) in [6.07, 6.45) is 3.26. The second-order valence-electron chi connectivity index (χ2n) is 4.68. The zero-order valence-electron chi connectivity index (χ0n) is 11.7. The Labute approximate surface area is 127 Å². The van der Waals surface area contributed by atoms with E-state index in [4.69, 9.17) is 0 Å². The second-order valence-corrected chi connectivity index (χ2v) is 6.57. The van der Waals surface area contributed by atoms with Crippen molar-refractivity contribution in [2.24, 2.45) is 0 Å². The molecule has 112 valence electrons. The molecule has 1 aliphatic heterocycles. The van der Waals surface area contributed by atoms with Gasteiger partial charge in [-0.1, -0.05) is 6.07 Å². The molecule has 1 aliphatic rings. The van der Waals surface area contributed by atoms with Gasteiger partial charge in [0.15, 0.2) is 0 Å². The number of sulfonamides is 1. The molecule has 2 N–H and O–H groups in total. The minimum Gasteiger partial charge on any atom is -0.321 e. The average molecular weight is 315 g/mol. The Balaban J connectivity index is 2.13. The molecule has 6 nitrogen and oxygen atoms in total. The van der Waals surface area contributed by atoms with E-state index < -0.39 is 10.0 Å². The van der Waals surface area contributed by atoms with Crippen molar-refractivity contribution in [3.8, 4) is 0 Å². The quantitative estimate of drug-likeness (QED) is 0.840. The van der Waals surface area contributed by atoms with Crippen molar-refractivity contribution >= 4 is 33.3 Å². The Kier molecular flexibility index (Phi) is 3.51. The van der Waals surface area contributed by atoms with E-state index in [9.17, 15) is 13.2 Å². The number of nitrogens with one attached hydrogen (secondary N) is 2. The summed E-state index contributed by atoms with van der Waals surface area (Å²) in [6.45, 7) is 0. The number of hydrogen-bond acceptors (Lipinski definition) is 4. The number of nitrogens with zero attached hydrogens (tertiary/aromatic N) is 1. The minimum absolute atomic E-state index is 0.108. The van der Waals surface area contributed by atoms with E-state index in [1.54, 1.807) is 30.5 Å². The summed E-state index contributed by atoms with van der Waals surface area (Å²) in [4.78, 5) is 16.4. The summed E-state index contributed by atoms with van der Waals surface area (Å²) >= 11 is 0. The number of carbonyl (C=O) groups is 1. The van der Waals surface area contributed by atoms with Crippen molar-refractivity contribution in [2.75, 3.05) is 12.4 Å². The molecule has 2 aromatic rings. The van der Waals surface area contributed by atoms with Crippen LogP contribution in [0.3, 0.4) is 0 Å². The van der Waals surface area contributed by atoms with Gasteiger partial charge in [0, 0.05) is 17.4 Å². The largest absolute Gasteiger partial charge is 0.321 e. The van der Waals surface area contributed by atoms with E-state index in [0.717, 1.165) is 0 Å². The first-order chi connectivity index (χ1) is 10.5. The Bertz CT molecular complexity index is 874. The molecule has 1 aromatic heterocycles. The summed E-state index contributed by atoms with van der Waals surface area (Å²) in [7, 11) is -2.22. The van der Waals surface area contributed by atoms with Gasteiger partial charge >= 0.3 is 0 Å². The molecule has 0 bridgehead atoms. The number of fused-ring (bicyclic) bond motifs is 1. The van der Waals surface area contributed by atoms with Gasteiger partial charge in [-0.3, -0.25) is 9.78 Å². The van der Waals surface area contributed by atoms with Crippen LogP contribution in [0.1, 0.15) is 11.3 Å². The molecule has 1 aromatic carbocycles. The van der Waals surface area contributed by atoms with Gasteiger partial charge in [-0.15, -0.1) is 0 Å². The molecule has 0 saturated heterocycles. The van der Waals surface area contributed by atoms with E-state index in [0.29, 0.717) is 22.5 Å². The van der Waals surface area contributed by atoms with Gasteiger partial charge < -0.3 is 5.32 Å². The fourth-order valence-electron chi connectivity index (χ4n) is 2.20. The maximum Gasteiger partial charge on any atom is 0.256 e. The highest BCUT2D eigenvalue weighted by Gasteiger charge is 2.26. The molecule has 1 amide bonds. The zero-order chi connectivity index (χ0) is 15.7. The van der Waals surface area contributed by atoms with Crippen LogP contribution in [-0.4, -0.2) is 26.4 Å². The minimum atomic E-state index is -3.57. The summed E-state index contributed by atoms with van der Waals surface area (Å²) in [6, 6.07) is 9.88. The third-order valence-corrected chi connectivity index (χ3v) is 4.75. The maximum absolute atomic E-state index is 12.1. The van der Waals surface area contributed by atoms with E-state index in [1.165, 1.54) is 19.2 Å². The molecule has 0 spiro atoms. The van der Waals surface area contributed by atoms with Crippen LogP contribution in [0.4, 0.5) is 5.69 Å². The first kappa shape index (κ1) is 14.4. The monoisotopic (exact) mass is 315 g/mol. The lowest BCUT2D eigenvalue weighted by atomic mass is 10.1. The van der Waals surface area contributed by atoms with Crippen molar-refractivity contribution < 1.29 is 13.2 Å². The first-order valence-corrected chi connectivity index (χ1v) is 8.01. The number of aromatic nitrogens is 1. The zero-order valence-corrected chi connectivity index (χ0v) is 12.5. The lowest BCUT2D eigenvalue weighted by molar-refractivity contribution is -0.110. The van der Waals surface area contributed by atoms with Crippen molar-refractivity contribution in [1.82, 2.24) is 9.71 Å². The second kappa shape index (κ2) is 5.36. The van der Waals surface area contributed by atoms with Crippen LogP contribution in [0.25, 0.3) is 11.6 Å². The molecule has 3 rings (SSSR count). The van der Waals surface area contributed by atoms with Crippen LogP contribution >= 0.6 is 0 Å². The van der Waals surface area contributed by atoms with Crippen molar-refractivity contribution in [1.29, 1.82) is 0 Å². The lowest BCUT2D eigenvalue weighted by Gasteiger charge is -2.05. The topological polar surface area (TPSA) is 88.2 Å². The van der Waals surface area contributed by atoms with Crippen molar-refractivity contribution in [2.45, 2.75) is 4.90 Å². The highest BCUT2D eigenvalue weighted by Crippen LogP contribution is 2.34. The number of carbonyl (C=O) groups excluding carboxylic acids is 1. The molecular weight excluding hydrogens is 302 g/mol. The number of benzene rings is 1. The lowest BCUT2D eigenvalue weighted by Crippen LogP contribution is -2.18. The van der Waals surface area contributed by atoms with Crippen LogP contribution in [0.5, 0.6) is 0 Å². The molecule has 0 unspecified atom stereocenters. The van der Waals surface area contributed by atoms with Crippen LogP contribution in [0, 0.1) is 0 Å². The van der Waals surface area contributed by atoms with E-state index in [1.807, 2.05) is 6.07 Å². The number of anilines is 1. The average Bonchev–Trinajstić information content (AvgIpc) is 2.83. The fraction of sp³-hybridized carbons (Fsp3) is 0.0667. The van der Waals surface area contributed by atoms with E-state index in [-0.39, 0.29) is 10.8 Å². The summed E-state index contributed by atoms with van der Waals surface area (Å²) in [5, 5.41) is 2.71. The SMILES string of the molecule is CNS(=O)(=O)c1ccc2c(c1)C(=Cc1ccccn1)C(=O)N2. The Morgan fingerprint density at radius 2 is 2.05 bits per heavy atom. The molecule has 2 heterocycles.